The molecule has 21 heavy (non-hydrogen) atoms. The summed E-state index contributed by atoms with van der Waals surface area (Å²) >= 11 is 0. The van der Waals surface area contributed by atoms with Gasteiger partial charge in [0, 0.05) is 18.1 Å². The first kappa shape index (κ1) is 15.1. The van der Waals surface area contributed by atoms with Gasteiger partial charge in [-0.3, -0.25) is 4.79 Å². The number of amides is 1. The van der Waals surface area contributed by atoms with Crippen molar-refractivity contribution in [3.63, 3.8) is 0 Å². The Kier molecular flexibility index (Phi) is 4.30. The zero-order valence-corrected chi connectivity index (χ0v) is 11.3. The number of hydrogen-bond donors (Lipinski definition) is 2. The van der Waals surface area contributed by atoms with Gasteiger partial charge in [-0.05, 0) is 12.3 Å². The minimum Gasteiger partial charge on any atom is -0.370 e. The Morgan fingerprint density at radius 3 is 2.52 bits per heavy atom. The van der Waals surface area contributed by atoms with Gasteiger partial charge in [-0.1, -0.05) is 24.3 Å². The van der Waals surface area contributed by atoms with Crippen LogP contribution in [0.5, 0.6) is 0 Å². The number of nitrogens with zero attached hydrogens (tertiary/aromatic N) is 1. The summed E-state index contributed by atoms with van der Waals surface area (Å²) in [6.07, 6.45) is -3.16. The second-order valence-corrected chi connectivity index (χ2v) is 4.39. The van der Waals surface area contributed by atoms with Crippen LogP contribution in [-0.4, -0.2) is 30.2 Å². The van der Waals surface area contributed by atoms with Gasteiger partial charge in [0.15, 0.2) is 0 Å². The van der Waals surface area contributed by atoms with Gasteiger partial charge in [-0.25, -0.2) is 4.98 Å². The predicted octanol–water partition coefficient (Wildman–Crippen LogP) is 2.96. The molecule has 4 nitrogen and oxygen atoms in total. The van der Waals surface area contributed by atoms with E-state index < -0.39 is 18.6 Å². The molecule has 0 saturated heterocycles. The first-order valence-corrected chi connectivity index (χ1v) is 6.39. The lowest BCUT2D eigenvalue weighted by Gasteiger charge is -2.12. The van der Waals surface area contributed by atoms with Crippen LogP contribution in [0.15, 0.2) is 30.5 Å². The zero-order valence-electron chi connectivity index (χ0n) is 11.3. The smallest absolute Gasteiger partial charge is 0.370 e. The van der Waals surface area contributed by atoms with Gasteiger partial charge in [0.05, 0.1) is 5.56 Å². The van der Waals surface area contributed by atoms with Crippen molar-refractivity contribution in [1.82, 2.24) is 10.3 Å². The van der Waals surface area contributed by atoms with Gasteiger partial charge >= 0.3 is 6.18 Å². The molecule has 0 aliphatic heterocycles. The molecule has 7 heteroatoms. The average molecular weight is 297 g/mol. The quantitative estimate of drug-likeness (QED) is 0.912. The van der Waals surface area contributed by atoms with E-state index in [1.165, 1.54) is 6.20 Å². The van der Waals surface area contributed by atoms with Crippen molar-refractivity contribution in [3.8, 4) is 0 Å². The molecule has 112 valence electrons. The average Bonchev–Trinajstić information content (AvgIpc) is 2.44. The monoisotopic (exact) mass is 297 g/mol. The minimum atomic E-state index is -4.44. The van der Waals surface area contributed by atoms with E-state index in [-0.39, 0.29) is 5.56 Å². The Hall–Kier alpha value is -2.31. The van der Waals surface area contributed by atoms with Crippen LogP contribution in [-0.2, 0) is 0 Å². The van der Waals surface area contributed by atoms with Crippen LogP contribution in [0.2, 0.25) is 0 Å². The van der Waals surface area contributed by atoms with Gasteiger partial charge in [0.1, 0.15) is 12.4 Å². The van der Waals surface area contributed by atoms with Gasteiger partial charge in [-0.15, -0.1) is 0 Å². The van der Waals surface area contributed by atoms with E-state index in [2.05, 4.69) is 10.3 Å². The highest BCUT2D eigenvalue weighted by Crippen LogP contribution is 2.24. The first-order valence-electron chi connectivity index (χ1n) is 6.39. The molecule has 0 unspecified atom stereocenters. The minimum absolute atomic E-state index is 0.122. The third-order valence-corrected chi connectivity index (χ3v) is 2.83. The summed E-state index contributed by atoms with van der Waals surface area (Å²) in [5, 5.41) is 6.16. The normalized spacial score (nSPS) is 11.4. The number of alkyl halides is 3. The summed E-state index contributed by atoms with van der Waals surface area (Å²) in [5.74, 6) is -0.195. The number of fused-ring (bicyclic) bond motifs is 1. The van der Waals surface area contributed by atoms with Crippen molar-refractivity contribution in [2.24, 2.45) is 0 Å². The standard InChI is InChI=1S/C14H14F3N3O/c1-2-18-12-10-6-4-3-5-9(10)11(7-19-12)13(21)20-8-14(15,16)17/h3-7H,2,8H2,1H3,(H,18,19)(H,20,21). The summed E-state index contributed by atoms with van der Waals surface area (Å²) in [6, 6.07) is 6.95. The molecule has 1 amide bonds. The number of carbonyl (C=O) groups excluding carboxylic acids is 1. The number of aromatic nitrogens is 1. The summed E-state index contributed by atoms with van der Waals surface area (Å²) in [5.41, 5.74) is 0.122. The molecule has 0 aliphatic rings. The fourth-order valence-electron chi connectivity index (χ4n) is 1.96. The third kappa shape index (κ3) is 3.62. The highest BCUT2D eigenvalue weighted by molar-refractivity contribution is 6.09. The molecule has 0 aliphatic carbocycles. The maximum atomic E-state index is 12.2. The summed E-state index contributed by atoms with van der Waals surface area (Å²) < 4.78 is 36.5. The molecule has 1 heterocycles. The molecule has 0 radical (unpaired) electrons. The molecule has 0 saturated carbocycles. The topological polar surface area (TPSA) is 54.0 Å². The molecule has 2 N–H and O–H groups in total. The Balaban J connectivity index is 2.37. The number of hydrogen-bond acceptors (Lipinski definition) is 3. The molecular weight excluding hydrogens is 283 g/mol. The van der Waals surface area contributed by atoms with E-state index in [0.29, 0.717) is 23.1 Å². The van der Waals surface area contributed by atoms with Crippen molar-refractivity contribution < 1.29 is 18.0 Å². The van der Waals surface area contributed by atoms with Crippen LogP contribution in [0.3, 0.4) is 0 Å². The van der Waals surface area contributed by atoms with E-state index in [1.54, 1.807) is 24.3 Å². The Bertz CT molecular complexity index is 655. The lowest BCUT2D eigenvalue weighted by molar-refractivity contribution is -0.123. The summed E-state index contributed by atoms with van der Waals surface area (Å²) in [7, 11) is 0. The van der Waals surface area contributed by atoms with E-state index in [9.17, 15) is 18.0 Å². The van der Waals surface area contributed by atoms with Crippen molar-refractivity contribution in [3.05, 3.63) is 36.0 Å². The molecule has 2 aromatic rings. The summed E-state index contributed by atoms with van der Waals surface area (Å²) in [4.78, 5) is 16.0. The van der Waals surface area contributed by atoms with Crippen LogP contribution in [0.1, 0.15) is 17.3 Å². The second kappa shape index (κ2) is 5.99. The second-order valence-electron chi connectivity index (χ2n) is 4.39. The number of pyridine rings is 1. The van der Waals surface area contributed by atoms with Crippen molar-refractivity contribution in [1.29, 1.82) is 0 Å². The molecular formula is C14H14F3N3O. The van der Waals surface area contributed by atoms with Crippen LogP contribution < -0.4 is 10.6 Å². The Labute approximate surface area is 119 Å². The first-order chi connectivity index (χ1) is 9.92. The number of anilines is 1. The molecule has 2 rings (SSSR count). The fraction of sp³-hybridized carbons (Fsp3) is 0.286. The maximum Gasteiger partial charge on any atom is 0.405 e. The van der Waals surface area contributed by atoms with Gasteiger partial charge in [-0.2, -0.15) is 13.2 Å². The molecule has 1 aromatic heterocycles. The maximum absolute atomic E-state index is 12.2. The molecule has 0 fully saturated rings. The van der Waals surface area contributed by atoms with E-state index in [1.807, 2.05) is 12.2 Å². The molecule has 0 atom stereocenters. The van der Waals surface area contributed by atoms with Crippen LogP contribution >= 0.6 is 0 Å². The van der Waals surface area contributed by atoms with Gasteiger partial charge in [0.25, 0.3) is 5.91 Å². The van der Waals surface area contributed by atoms with Gasteiger partial charge < -0.3 is 10.6 Å². The molecule has 0 bridgehead atoms. The van der Waals surface area contributed by atoms with Gasteiger partial charge in [0.2, 0.25) is 0 Å². The highest BCUT2D eigenvalue weighted by Gasteiger charge is 2.28. The highest BCUT2D eigenvalue weighted by atomic mass is 19.4. The Morgan fingerprint density at radius 2 is 1.90 bits per heavy atom. The van der Waals surface area contributed by atoms with Crippen LogP contribution in [0, 0.1) is 0 Å². The van der Waals surface area contributed by atoms with Crippen molar-refractivity contribution >= 4 is 22.5 Å². The molecule has 0 spiro atoms. The number of nitrogens with one attached hydrogen (secondary N) is 2. The summed E-state index contributed by atoms with van der Waals surface area (Å²) in [6.45, 7) is 1.19. The van der Waals surface area contributed by atoms with Crippen molar-refractivity contribution in [2.75, 3.05) is 18.4 Å². The third-order valence-electron chi connectivity index (χ3n) is 2.83. The van der Waals surface area contributed by atoms with Crippen LogP contribution in [0.4, 0.5) is 19.0 Å². The lowest BCUT2D eigenvalue weighted by Crippen LogP contribution is -2.33. The number of benzene rings is 1. The van der Waals surface area contributed by atoms with E-state index >= 15 is 0 Å². The number of halogens is 3. The molecule has 1 aromatic carbocycles. The van der Waals surface area contributed by atoms with E-state index in [0.717, 1.165) is 0 Å². The number of rotatable bonds is 4. The largest absolute Gasteiger partial charge is 0.405 e. The lowest BCUT2D eigenvalue weighted by atomic mass is 10.1. The fourth-order valence-corrected chi connectivity index (χ4v) is 1.96. The SMILES string of the molecule is CCNc1ncc(C(=O)NCC(F)(F)F)c2ccccc12. The Morgan fingerprint density at radius 1 is 1.24 bits per heavy atom. The predicted molar refractivity (Wildman–Crippen MR) is 74.3 cm³/mol. The van der Waals surface area contributed by atoms with Crippen molar-refractivity contribution in [2.45, 2.75) is 13.1 Å². The number of carbonyl (C=O) groups is 1. The van der Waals surface area contributed by atoms with Crippen LogP contribution in [0.25, 0.3) is 10.8 Å². The zero-order chi connectivity index (χ0) is 15.5. The van der Waals surface area contributed by atoms with E-state index in [4.69, 9.17) is 0 Å².